The average Bonchev–Trinajstić information content (AvgIpc) is 2.51. The lowest BCUT2D eigenvalue weighted by atomic mass is 10.0. The Labute approximate surface area is 131 Å². The van der Waals surface area contributed by atoms with Gasteiger partial charge in [0.1, 0.15) is 0 Å². The molecule has 0 spiro atoms. The fourth-order valence-electron chi connectivity index (χ4n) is 1.83. The predicted octanol–water partition coefficient (Wildman–Crippen LogP) is 3.40. The summed E-state index contributed by atoms with van der Waals surface area (Å²) < 4.78 is 10.3. The fraction of sp³-hybridized carbons (Fsp3) is 1.00. The van der Waals surface area contributed by atoms with Crippen molar-refractivity contribution in [3.63, 3.8) is 0 Å². The van der Waals surface area contributed by atoms with E-state index in [0.29, 0.717) is 13.2 Å². The van der Waals surface area contributed by atoms with E-state index in [9.17, 15) is 0 Å². The van der Waals surface area contributed by atoms with Crippen LogP contribution in [0.2, 0.25) is 0 Å². The van der Waals surface area contributed by atoms with E-state index >= 15 is 0 Å². The van der Waals surface area contributed by atoms with Gasteiger partial charge in [-0.3, -0.25) is 0 Å². The highest BCUT2D eigenvalue weighted by molar-refractivity contribution is 4.55. The third-order valence-corrected chi connectivity index (χ3v) is 3.26. The van der Waals surface area contributed by atoms with Crippen LogP contribution in [0.3, 0.4) is 0 Å². The lowest BCUT2D eigenvalue weighted by Gasteiger charge is -2.14. The highest BCUT2D eigenvalue weighted by Gasteiger charge is 2.05. The normalized spacial score (nSPS) is 11.9. The lowest BCUT2D eigenvalue weighted by Crippen LogP contribution is -2.09. The van der Waals surface area contributed by atoms with Crippen LogP contribution in [0.25, 0.3) is 0 Å². The van der Waals surface area contributed by atoms with Gasteiger partial charge in [0.25, 0.3) is 0 Å². The molecule has 4 heteroatoms. The number of hydrogen-bond acceptors (Lipinski definition) is 4. The van der Waals surface area contributed by atoms with Crippen molar-refractivity contribution in [3.05, 3.63) is 0 Å². The Bertz CT molecular complexity index is 161. The summed E-state index contributed by atoms with van der Waals surface area (Å²) in [5.74, 6) is 0.802. The smallest absolute Gasteiger partial charge is 0.0698 e. The van der Waals surface area contributed by atoms with Crippen molar-refractivity contribution in [1.29, 1.82) is 0 Å². The van der Waals surface area contributed by atoms with Crippen molar-refractivity contribution < 1.29 is 19.7 Å². The lowest BCUT2D eigenvalue weighted by molar-refractivity contribution is 0.0650. The maximum atomic E-state index is 8.09. The van der Waals surface area contributed by atoms with Gasteiger partial charge in [-0.15, -0.1) is 0 Å². The quantitative estimate of drug-likeness (QED) is 0.483. The van der Waals surface area contributed by atoms with Crippen molar-refractivity contribution in [1.82, 2.24) is 0 Å². The first-order valence-electron chi connectivity index (χ1n) is 8.63. The maximum Gasteiger partial charge on any atom is 0.0698 e. The molecular weight excluding hydrogens is 268 g/mol. The second kappa shape index (κ2) is 22.1. The molecule has 1 atom stereocenters. The minimum atomic E-state index is 0.0278. The van der Waals surface area contributed by atoms with Crippen molar-refractivity contribution in [2.75, 3.05) is 39.6 Å². The van der Waals surface area contributed by atoms with Crippen LogP contribution >= 0.6 is 0 Å². The van der Waals surface area contributed by atoms with E-state index < -0.39 is 0 Å². The first kappa shape index (κ1) is 23.1. The SMILES string of the molecule is CCCCCOCC(CC)CCCC.OCCOCCO. The molecule has 0 aromatic rings. The summed E-state index contributed by atoms with van der Waals surface area (Å²) in [7, 11) is 0. The Morgan fingerprint density at radius 1 is 0.762 bits per heavy atom. The summed E-state index contributed by atoms with van der Waals surface area (Å²) in [5.41, 5.74) is 0. The van der Waals surface area contributed by atoms with Crippen molar-refractivity contribution in [2.24, 2.45) is 5.92 Å². The molecule has 0 saturated heterocycles. The van der Waals surface area contributed by atoms with Crippen LogP contribution in [0, 0.1) is 5.92 Å². The first-order chi connectivity index (χ1) is 10.3. The molecule has 0 bridgehead atoms. The van der Waals surface area contributed by atoms with Gasteiger partial charge in [-0.1, -0.05) is 52.9 Å². The molecular formula is C17H38O4. The second-order valence-electron chi connectivity index (χ2n) is 5.26. The number of ether oxygens (including phenoxy) is 2. The monoisotopic (exact) mass is 306 g/mol. The Balaban J connectivity index is 0. The summed E-state index contributed by atoms with van der Waals surface area (Å²) in [6, 6.07) is 0. The average molecular weight is 306 g/mol. The summed E-state index contributed by atoms with van der Waals surface area (Å²) in [6.45, 7) is 9.42. The molecule has 0 aliphatic rings. The number of aliphatic hydroxyl groups is 2. The number of hydrogen-bond donors (Lipinski definition) is 2. The third kappa shape index (κ3) is 22.3. The van der Waals surface area contributed by atoms with Crippen molar-refractivity contribution >= 4 is 0 Å². The van der Waals surface area contributed by atoms with Gasteiger partial charge in [-0.2, -0.15) is 0 Å². The molecule has 0 aromatic carbocycles. The van der Waals surface area contributed by atoms with Gasteiger partial charge in [-0.05, 0) is 18.8 Å². The first-order valence-corrected chi connectivity index (χ1v) is 8.63. The Morgan fingerprint density at radius 3 is 1.86 bits per heavy atom. The molecule has 0 aliphatic carbocycles. The molecule has 2 N–H and O–H groups in total. The Morgan fingerprint density at radius 2 is 1.38 bits per heavy atom. The largest absolute Gasteiger partial charge is 0.394 e. The van der Waals surface area contributed by atoms with E-state index in [1.165, 1.54) is 44.9 Å². The van der Waals surface area contributed by atoms with Gasteiger partial charge in [0.05, 0.1) is 26.4 Å². The highest BCUT2D eigenvalue weighted by Crippen LogP contribution is 2.12. The van der Waals surface area contributed by atoms with Crippen LogP contribution in [-0.4, -0.2) is 49.9 Å². The molecule has 1 unspecified atom stereocenters. The predicted molar refractivity (Wildman–Crippen MR) is 88.6 cm³/mol. The molecule has 0 aromatic heterocycles. The molecule has 0 rings (SSSR count). The summed E-state index contributed by atoms with van der Waals surface area (Å²) in [4.78, 5) is 0. The van der Waals surface area contributed by atoms with E-state index in [2.05, 4.69) is 25.5 Å². The van der Waals surface area contributed by atoms with Gasteiger partial charge in [0.2, 0.25) is 0 Å². The van der Waals surface area contributed by atoms with Gasteiger partial charge in [-0.25, -0.2) is 0 Å². The minimum absolute atomic E-state index is 0.0278. The van der Waals surface area contributed by atoms with E-state index in [1.807, 2.05) is 0 Å². The zero-order chi connectivity index (χ0) is 16.2. The van der Waals surface area contributed by atoms with Crippen LogP contribution in [0.15, 0.2) is 0 Å². The van der Waals surface area contributed by atoms with Gasteiger partial charge >= 0.3 is 0 Å². The molecule has 0 aliphatic heterocycles. The van der Waals surface area contributed by atoms with Crippen LogP contribution in [0.4, 0.5) is 0 Å². The van der Waals surface area contributed by atoms with Crippen LogP contribution < -0.4 is 0 Å². The topological polar surface area (TPSA) is 58.9 Å². The zero-order valence-electron chi connectivity index (χ0n) is 14.5. The molecule has 4 nitrogen and oxygen atoms in total. The van der Waals surface area contributed by atoms with Gasteiger partial charge in [0, 0.05) is 13.2 Å². The Kier molecular flexibility index (Phi) is 24.4. The third-order valence-electron chi connectivity index (χ3n) is 3.26. The fourth-order valence-corrected chi connectivity index (χ4v) is 1.83. The number of aliphatic hydroxyl groups excluding tert-OH is 2. The summed E-state index contributed by atoms with van der Waals surface area (Å²) in [5, 5.41) is 16.2. The van der Waals surface area contributed by atoms with Crippen LogP contribution in [0.5, 0.6) is 0 Å². The Hall–Kier alpha value is -0.160. The molecule has 0 saturated carbocycles. The van der Waals surface area contributed by atoms with Gasteiger partial charge < -0.3 is 19.7 Å². The van der Waals surface area contributed by atoms with E-state index in [0.717, 1.165) is 19.1 Å². The number of rotatable bonds is 14. The second-order valence-corrected chi connectivity index (χ2v) is 5.26. The van der Waals surface area contributed by atoms with Crippen LogP contribution in [0.1, 0.15) is 65.7 Å². The number of unbranched alkanes of at least 4 members (excludes halogenated alkanes) is 3. The highest BCUT2D eigenvalue weighted by atomic mass is 16.5. The minimum Gasteiger partial charge on any atom is -0.394 e. The molecule has 0 fully saturated rings. The molecule has 0 radical (unpaired) electrons. The molecule has 0 heterocycles. The zero-order valence-corrected chi connectivity index (χ0v) is 14.5. The maximum absolute atomic E-state index is 8.09. The molecule has 0 amide bonds. The van der Waals surface area contributed by atoms with E-state index in [1.54, 1.807) is 0 Å². The standard InChI is InChI=1S/C13H28O.C4H10O3/c1-4-7-9-11-14-12-13(6-3)10-8-5-2;5-1-3-7-4-2-6/h13H,4-12H2,1-3H3;5-6H,1-4H2. The van der Waals surface area contributed by atoms with E-state index in [4.69, 9.17) is 14.9 Å². The summed E-state index contributed by atoms with van der Waals surface area (Å²) in [6.07, 6.45) is 9.13. The van der Waals surface area contributed by atoms with Crippen molar-refractivity contribution in [2.45, 2.75) is 65.7 Å². The van der Waals surface area contributed by atoms with Crippen molar-refractivity contribution in [3.8, 4) is 0 Å². The van der Waals surface area contributed by atoms with Crippen LogP contribution in [-0.2, 0) is 9.47 Å². The molecule has 130 valence electrons. The van der Waals surface area contributed by atoms with E-state index in [-0.39, 0.29) is 13.2 Å². The van der Waals surface area contributed by atoms with Gasteiger partial charge in [0.15, 0.2) is 0 Å². The molecule has 21 heavy (non-hydrogen) atoms. The summed E-state index contributed by atoms with van der Waals surface area (Å²) >= 11 is 0.